The second kappa shape index (κ2) is 4.53. The second-order valence-corrected chi connectivity index (χ2v) is 4.22. The van der Waals surface area contributed by atoms with E-state index >= 15 is 0 Å². The Kier molecular flexibility index (Phi) is 2.72. The van der Waals surface area contributed by atoms with E-state index in [2.05, 4.69) is 15.3 Å². The molecule has 0 aliphatic rings. The summed E-state index contributed by atoms with van der Waals surface area (Å²) in [5.74, 6) is -0.240. The summed E-state index contributed by atoms with van der Waals surface area (Å²) in [5, 5.41) is 2.76. The normalized spacial score (nSPS) is 10.6. The van der Waals surface area contributed by atoms with Crippen molar-refractivity contribution < 1.29 is 4.79 Å². The van der Waals surface area contributed by atoms with Crippen LogP contribution in [0.15, 0.2) is 48.9 Å². The van der Waals surface area contributed by atoms with E-state index in [1.165, 1.54) is 0 Å². The van der Waals surface area contributed by atoms with Crippen LogP contribution in [-0.4, -0.2) is 20.3 Å². The molecule has 3 heterocycles. The lowest BCUT2D eigenvalue weighted by molar-refractivity contribution is 0.102. The van der Waals surface area contributed by atoms with Crippen LogP contribution in [0.25, 0.3) is 5.65 Å². The number of pyridine rings is 2. The fourth-order valence-corrected chi connectivity index (χ4v) is 1.89. The molecule has 3 aromatic heterocycles. The summed E-state index contributed by atoms with van der Waals surface area (Å²) in [7, 11) is 0. The highest BCUT2D eigenvalue weighted by Crippen LogP contribution is 2.10. The number of imidazole rings is 1. The molecule has 0 aromatic carbocycles. The minimum absolute atomic E-state index is 0.240. The number of aryl methyl sites for hydroxylation is 1. The largest absolute Gasteiger partial charge is 0.319 e. The first-order chi connectivity index (χ1) is 9.24. The van der Waals surface area contributed by atoms with E-state index in [1.807, 2.05) is 29.5 Å². The maximum Gasteiger partial charge on any atom is 0.275 e. The van der Waals surface area contributed by atoms with Crippen molar-refractivity contribution in [2.75, 3.05) is 5.32 Å². The van der Waals surface area contributed by atoms with Crippen molar-refractivity contribution in [2.45, 2.75) is 6.92 Å². The molecule has 0 radical (unpaired) electrons. The predicted octanol–water partition coefficient (Wildman–Crippen LogP) is 2.29. The Morgan fingerprint density at radius 1 is 1.26 bits per heavy atom. The van der Waals surface area contributed by atoms with Crippen LogP contribution in [0.4, 0.5) is 5.69 Å². The number of carbonyl (C=O) groups is 1. The molecule has 5 nitrogen and oxygen atoms in total. The molecule has 0 spiro atoms. The molecule has 94 valence electrons. The third-order valence-electron chi connectivity index (χ3n) is 2.85. The van der Waals surface area contributed by atoms with E-state index in [0.717, 1.165) is 11.3 Å². The first kappa shape index (κ1) is 11.4. The van der Waals surface area contributed by atoms with E-state index < -0.39 is 0 Å². The molecule has 0 atom stereocenters. The lowest BCUT2D eigenvalue weighted by atomic mass is 10.3. The number of nitrogens with zero attached hydrogens (tertiary/aromatic N) is 3. The van der Waals surface area contributed by atoms with Crippen LogP contribution in [-0.2, 0) is 0 Å². The van der Waals surface area contributed by atoms with Crippen LogP contribution in [0.1, 0.15) is 16.2 Å². The summed E-state index contributed by atoms with van der Waals surface area (Å²) >= 11 is 0. The number of hydrogen-bond acceptors (Lipinski definition) is 3. The fourth-order valence-electron chi connectivity index (χ4n) is 1.89. The molecule has 0 saturated heterocycles. The molecule has 5 heteroatoms. The Hall–Kier alpha value is -2.69. The van der Waals surface area contributed by atoms with Crippen molar-refractivity contribution >= 4 is 17.2 Å². The maximum absolute atomic E-state index is 12.1. The van der Waals surface area contributed by atoms with Gasteiger partial charge in [-0.25, -0.2) is 4.98 Å². The zero-order chi connectivity index (χ0) is 13.2. The third-order valence-corrected chi connectivity index (χ3v) is 2.85. The van der Waals surface area contributed by atoms with E-state index in [1.54, 1.807) is 30.7 Å². The average molecular weight is 252 g/mol. The number of rotatable bonds is 2. The Balaban J connectivity index is 1.92. The predicted molar refractivity (Wildman–Crippen MR) is 72.1 cm³/mol. The van der Waals surface area contributed by atoms with Gasteiger partial charge >= 0.3 is 0 Å². The van der Waals surface area contributed by atoms with Crippen molar-refractivity contribution in [3.05, 3.63) is 60.3 Å². The lowest BCUT2D eigenvalue weighted by Crippen LogP contribution is -2.12. The van der Waals surface area contributed by atoms with Gasteiger partial charge in [0.15, 0.2) is 0 Å². The third kappa shape index (κ3) is 2.18. The molecular weight excluding hydrogens is 240 g/mol. The van der Waals surface area contributed by atoms with Gasteiger partial charge in [0.05, 0.1) is 11.9 Å². The molecule has 0 aliphatic carbocycles. The van der Waals surface area contributed by atoms with Gasteiger partial charge in [0, 0.05) is 18.1 Å². The Morgan fingerprint density at radius 3 is 2.89 bits per heavy atom. The molecule has 0 aliphatic heterocycles. The summed E-state index contributed by atoms with van der Waals surface area (Å²) in [5.41, 5.74) is 2.83. The molecule has 0 bridgehead atoms. The molecule has 1 N–H and O–H groups in total. The van der Waals surface area contributed by atoms with Crippen LogP contribution in [0, 0.1) is 6.92 Å². The van der Waals surface area contributed by atoms with Gasteiger partial charge in [-0.3, -0.25) is 9.78 Å². The second-order valence-electron chi connectivity index (χ2n) is 4.22. The summed E-state index contributed by atoms with van der Waals surface area (Å²) in [6, 6.07) is 9.31. The topological polar surface area (TPSA) is 59.3 Å². The molecule has 19 heavy (non-hydrogen) atoms. The maximum atomic E-state index is 12.1. The number of amides is 1. The standard InChI is InChI=1S/C14H12N4O/c1-10-4-2-6-13-17-12(9-18(10)13)14(19)16-11-5-3-7-15-8-11/h2-9H,1H3,(H,16,19). The first-order valence-electron chi connectivity index (χ1n) is 5.90. The van der Waals surface area contributed by atoms with E-state index in [4.69, 9.17) is 0 Å². The van der Waals surface area contributed by atoms with Gasteiger partial charge in [0.1, 0.15) is 11.3 Å². The summed E-state index contributed by atoms with van der Waals surface area (Å²) in [6.07, 6.45) is 4.99. The number of aromatic nitrogens is 3. The molecular formula is C14H12N4O. The minimum atomic E-state index is -0.240. The van der Waals surface area contributed by atoms with Gasteiger partial charge in [0.25, 0.3) is 5.91 Å². The van der Waals surface area contributed by atoms with Crippen LogP contribution in [0.2, 0.25) is 0 Å². The van der Waals surface area contributed by atoms with E-state index in [9.17, 15) is 4.79 Å². The Labute approximate surface area is 109 Å². The van der Waals surface area contributed by atoms with E-state index in [-0.39, 0.29) is 5.91 Å². The van der Waals surface area contributed by atoms with Crippen LogP contribution < -0.4 is 5.32 Å². The van der Waals surface area contributed by atoms with Crippen LogP contribution in [0.3, 0.4) is 0 Å². The molecule has 0 unspecified atom stereocenters. The van der Waals surface area contributed by atoms with Gasteiger partial charge in [0.2, 0.25) is 0 Å². The van der Waals surface area contributed by atoms with E-state index in [0.29, 0.717) is 11.4 Å². The first-order valence-corrected chi connectivity index (χ1v) is 5.90. The highest BCUT2D eigenvalue weighted by Gasteiger charge is 2.11. The highest BCUT2D eigenvalue weighted by atomic mass is 16.1. The lowest BCUT2D eigenvalue weighted by Gasteiger charge is -2.00. The zero-order valence-electron chi connectivity index (χ0n) is 10.4. The summed E-state index contributed by atoms with van der Waals surface area (Å²) in [4.78, 5) is 20.3. The van der Waals surface area contributed by atoms with Crippen molar-refractivity contribution in [3.63, 3.8) is 0 Å². The van der Waals surface area contributed by atoms with Crippen LogP contribution in [0.5, 0.6) is 0 Å². The van der Waals surface area contributed by atoms with Gasteiger partial charge in [-0.05, 0) is 31.2 Å². The van der Waals surface area contributed by atoms with Crippen molar-refractivity contribution in [3.8, 4) is 0 Å². The minimum Gasteiger partial charge on any atom is -0.319 e. The number of hydrogen-bond donors (Lipinski definition) is 1. The number of nitrogens with one attached hydrogen (secondary N) is 1. The van der Waals surface area contributed by atoms with Gasteiger partial charge in [-0.1, -0.05) is 6.07 Å². The van der Waals surface area contributed by atoms with Crippen molar-refractivity contribution in [1.82, 2.24) is 14.4 Å². The van der Waals surface area contributed by atoms with Gasteiger partial charge in [-0.2, -0.15) is 0 Å². The van der Waals surface area contributed by atoms with Gasteiger partial charge in [-0.15, -0.1) is 0 Å². The summed E-state index contributed by atoms with van der Waals surface area (Å²) < 4.78 is 1.89. The molecule has 0 fully saturated rings. The van der Waals surface area contributed by atoms with Crippen molar-refractivity contribution in [1.29, 1.82) is 0 Å². The highest BCUT2D eigenvalue weighted by molar-refractivity contribution is 6.03. The van der Waals surface area contributed by atoms with Gasteiger partial charge < -0.3 is 9.72 Å². The molecule has 0 saturated carbocycles. The van der Waals surface area contributed by atoms with Crippen LogP contribution >= 0.6 is 0 Å². The molecule has 3 rings (SSSR count). The SMILES string of the molecule is Cc1cccc2nc(C(=O)Nc3cccnc3)cn12. The number of anilines is 1. The average Bonchev–Trinajstić information content (AvgIpc) is 2.85. The quantitative estimate of drug-likeness (QED) is 0.761. The molecule has 1 amide bonds. The van der Waals surface area contributed by atoms with Crippen molar-refractivity contribution in [2.24, 2.45) is 0 Å². The number of carbonyl (C=O) groups excluding carboxylic acids is 1. The summed E-state index contributed by atoms with van der Waals surface area (Å²) in [6.45, 7) is 1.97. The monoisotopic (exact) mass is 252 g/mol. The number of fused-ring (bicyclic) bond motifs is 1. The zero-order valence-corrected chi connectivity index (χ0v) is 10.4. The Bertz CT molecular complexity index is 734. The fraction of sp³-hybridized carbons (Fsp3) is 0.0714. The molecule has 3 aromatic rings. The smallest absolute Gasteiger partial charge is 0.275 e. The Morgan fingerprint density at radius 2 is 2.16 bits per heavy atom.